The monoisotopic (exact) mass is 197 g/mol. The van der Waals surface area contributed by atoms with Crippen molar-refractivity contribution in [2.75, 3.05) is 0 Å². The molecule has 0 bridgehead atoms. The Morgan fingerprint density at radius 2 is 1.71 bits per heavy atom. The number of nitrogens with zero attached hydrogens (tertiary/aromatic N) is 1. The van der Waals surface area contributed by atoms with Gasteiger partial charge in [0.15, 0.2) is 0 Å². The Bertz CT molecular complexity index is 219. The van der Waals surface area contributed by atoms with Crippen LogP contribution >= 0.6 is 0 Å². The summed E-state index contributed by atoms with van der Waals surface area (Å²) in [5.41, 5.74) is 0.847. The maximum absolute atomic E-state index is 9.49. The Morgan fingerprint density at radius 1 is 1.29 bits per heavy atom. The first-order valence-electron chi connectivity index (χ1n) is 4.94. The summed E-state index contributed by atoms with van der Waals surface area (Å²) in [6, 6.07) is 0. The van der Waals surface area contributed by atoms with E-state index >= 15 is 0 Å². The maximum Gasteiger partial charge on any atom is 0.0967 e. The van der Waals surface area contributed by atoms with Gasteiger partial charge in [-0.15, -0.1) is 0 Å². The first kappa shape index (κ1) is 15.6. The Labute approximate surface area is 88.1 Å². The summed E-state index contributed by atoms with van der Waals surface area (Å²) in [6.07, 6.45) is 3.42. The predicted octanol–water partition coefficient (Wildman–Crippen LogP) is 3.33. The van der Waals surface area contributed by atoms with Gasteiger partial charge in [-0.25, -0.2) is 0 Å². The number of aliphatic imine (C=N–C) groups is 1. The first-order chi connectivity index (χ1) is 6.38. The molecule has 0 aliphatic rings. The fraction of sp³-hybridized carbons (Fsp3) is 0.583. The fourth-order valence-electron chi connectivity index (χ4n) is 0.409. The average Bonchev–Trinajstić information content (AvgIpc) is 2.15. The third-order valence-corrected chi connectivity index (χ3v) is 1.67. The minimum atomic E-state index is -0.835. The van der Waals surface area contributed by atoms with Gasteiger partial charge < -0.3 is 5.11 Å². The van der Waals surface area contributed by atoms with Crippen LogP contribution in [0, 0.1) is 0 Å². The quantitative estimate of drug-likeness (QED) is 0.546. The van der Waals surface area contributed by atoms with Crippen molar-refractivity contribution in [3.8, 4) is 0 Å². The summed E-state index contributed by atoms with van der Waals surface area (Å²) in [6.45, 7) is 14.7. The molecule has 0 aromatic heterocycles. The minimum absolute atomic E-state index is 0.698. The summed E-state index contributed by atoms with van der Waals surface area (Å²) in [5, 5.41) is 9.49. The van der Waals surface area contributed by atoms with Gasteiger partial charge in [-0.1, -0.05) is 26.5 Å². The van der Waals surface area contributed by atoms with Gasteiger partial charge in [0.05, 0.1) is 5.60 Å². The van der Waals surface area contributed by atoms with E-state index in [1.54, 1.807) is 33.0 Å². The van der Waals surface area contributed by atoms with Gasteiger partial charge in [-0.2, -0.15) is 0 Å². The molecule has 0 aliphatic heterocycles. The van der Waals surface area contributed by atoms with E-state index in [1.165, 1.54) is 0 Å². The molecule has 0 spiro atoms. The van der Waals surface area contributed by atoms with Crippen molar-refractivity contribution in [3.63, 3.8) is 0 Å². The lowest BCUT2D eigenvalue weighted by Gasteiger charge is -2.15. The Balaban J connectivity index is 0. The second-order valence-electron chi connectivity index (χ2n) is 3.35. The summed E-state index contributed by atoms with van der Waals surface area (Å²) in [7, 11) is 0. The molecular weight excluding hydrogens is 174 g/mol. The molecule has 82 valence electrons. The van der Waals surface area contributed by atoms with Crippen molar-refractivity contribution in [1.82, 2.24) is 0 Å². The molecule has 0 aliphatic carbocycles. The molecule has 2 nitrogen and oxygen atoms in total. The topological polar surface area (TPSA) is 32.6 Å². The van der Waals surface area contributed by atoms with Gasteiger partial charge in [0.1, 0.15) is 0 Å². The molecule has 0 saturated heterocycles. The number of hydrogen-bond donors (Lipinski definition) is 1. The van der Waals surface area contributed by atoms with Gasteiger partial charge in [-0.3, -0.25) is 4.99 Å². The Hall–Kier alpha value is -0.890. The molecule has 2 heteroatoms. The van der Waals surface area contributed by atoms with Crippen LogP contribution in [0.15, 0.2) is 29.4 Å². The van der Waals surface area contributed by atoms with Crippen LogP contribution in [0.2, 0.25) is 0 Å². The average molecular weight is 197 g/mol. The van der Waals surface area contributed by atoms with Crippen molar-refractivity contribution in [3.05, 3.63) is 24.4 Å². The minimum Gasteiger partial charge on any atom is -0.385 e. The van der Waals surface area contributed by atoms with E-state index in [1.807, 2.05) is 20.8 Å². The largest absolute Gasteiger partial charge is 0.385 e. The van der Waals surface area contributed by atoms with Crippen LogP contribution in [0.3, 0.4) is 0 Å². The van der Waals surface area contributed by atoms with Gasteiger partial charge in [0.25, 0.3) is 0 Å². The third-order valence-electron chi connectivity index (χ3n) is 1.67. The number of rotatable bonds is 3. The van der Waals surface area contributed by atoms with E-state index in [2.05, 4.69) is 11.6 Å². The first-order valence-corrected chi connectivity index (χ1v) is 4.94. The van der Waals surface area contributed by atoms with Crippen molar-refractivity contribution < 1.29 is 5.11 Å². The van der Waals surface area contributed by atoms with Crippen LogP contribution < -0.4 is 0 Å². The van der Waals surface area contributed by atoms with E-state index in [9.17, 15) is 5.11 Å². The molecule has 0 amide bonds. The van der Waals surface area contributed by atoms with Gasteiger partial charge >= 0.3 is 0 Å². The molecular formula is C12H23NO. The lowest BCUT2D eigenvalue weighted by Crippen LogP contribution is -2.28. The van der Waals surface area contributed by atoms with E-state index in [0.717, 1.165) is 5.57 Å². The molecule has 0 aromatic carbocycles. The normalized spacial score (nSPS) is 13.1. The lowest BCUT2D eigenvalue weighted by molar-refractivity contribution is 0.153. The number of hydrogen-bond acceptors (Lipinski definition) is 2. The van der Waals surface area contributed by atoms with Crippen LogP contribution in [0.4, 0.5) is 0 Å². The smallest absolute Gasteiger partial charge is 0.0967 e. The molecule has 14 heavy (non-hydrogen) atoms. The zero-order valence-electron chi connectivity index (χ0n) is 10.3. The highest BCUT2D eigenvalue weighted by atomic mass is 16.3. The van der Waals surface area contributed by atoms with Crippen LogP contribution in [0.5, 0.6) is 0 Å². The summed E-state index contributed by atoms with van der Waals surface area (Å²) in [5.74, 6) is 0. The molecule has 0 unspecified atom stereocenters. The molecule has 0 fully saturated rings. The van der Waals surface area contributed by atoms with Crippen molar-refractivity contribution in [1.29, 1.82) is 0 Å². The van der Waals surface area contributed by atoms with E-state index in [0.29, 0.717) is 5.71 Å². The standard InChI is InChI=1S/C10H17NO.C2H6/c1-6-8(2)7-11-9(3)10(4,5)12;1-2/h6-7,12H,1H2,2-5H3;1-2H3/b8-7-,11-9?;. The van der Waals surface area contributed by atoms with Crippen molar-refractivity contribution in [2.45, 2.75) is 47.1 Å². The maximum atomic E-state index is 9.49. The van der Waals surface area contributed by atoms with Crippen LogP contribution in [-0.2, 0) is 0 Å². The van der Waals surface area contributed by atoms with Gasteiger partial charge in [-0.05, 0) is 33.3 Å². The molecule has 0 saturated carbocycles. The molecule has 0 atom stereocenters. The molecule has 0 aromatic rings. The van der Waals surface area contributed by atoms with Crippen LogP contribution in [0.25, 0.3) is 0 Å². The Morgan fingerprint density at radius 3 is 2.00 bits per heavy atom. The molecule has 0 rings (SSSR count). The molecule has 0 radical (unpaired) electrons. The van der Waals surface area contributed by atoms with E-state index in [-0.39, 0.29) is 0 Å². The van der Waals surface area contributed by atoms with Crippen molar-refractivity contribution >= 4 is 5.71 Å². The zero-order chi connectivity index (χ0) is 11.8. The SMILES string of the molecule is C=C/C(C)=C\N=C(C)C(C)(C)O.CC. The summed E-state index contributed by atoms with van der Waals surface area (Å²) < 4.78 is 0. The predicted molar refractivity (Wildman–Crippen MR) is 64.7 cm³/mol. The highest BCUT2D eigenvalue weighted by molar-refractivity contribution is 5.89. The molecule has 0 heterocycles. The zero-order valence-corrected chi connectivity index (χ0v) is 10.3. The highest BCUT2D eigenvalue weighted by Gasteiger charge is 2.15. The lowest BCUT2D eigenvalue weighted by atomic mass is 10.1. The molecule has 1 N–H and O–H groups in total. The van der Waals surface area contributed by atoms with Gasteiger partial charge in [0.2, 0.25) is 0 Å². The fourth-order valence-corrected chi connectivity index (χ4v) is 0.409. The van der Waals surface area contributed by atoms with E-state index < -0.39 is 5.60 Å². The number of allylic oxidation sites excluding steroid dienone is 2. The number of aliphatic hydroxyl groups is 1. The summed E-state index contributed by atoms with van der Waals surface area (Å²) in [4.78, 5) is 4.10. The highest BCUT2D eigenvalue weighted by Crippen LogP contribution is 2.05. The van der Waals surface area contributed by atoms with Crippen molar-refractivity contribution in [2.24, 2.45) is 4.99 Å². The van der Waals surface area contributed by atoms with Crippen LogP contribution in [0.1, 0.15) is 41.5 Å². The van der Waals surface area contributed by atoms with E-state index in [4.69, 9.17) is 0 Å². The second-order valence-corrected chi connectivity index (χ2v) is 3.35. The van der Waals surface area contributed by atoms with Crippen LogP contribution in [-0.4, -0.2) is 16.4 Å². The summed E-state index contributed by atoms with van der Waals surface area (Å²) >= 11 is 0. The second kappa shape index (κ2) is 7.51. The van der Waals surface area contributed by atoms with Gasteiger partial charge in [0, 0.05) is 11.9 Å². The Kier molecular flexibility index (Phi) is 8.35. The third kappa shape index (κ3) is 7.74.